The Morgan fingerprint density at radius 3 is 3.00 bits per heavy atom. The van der Waals surface area contributed by atoms with Crippen molar-refractivity contribution in [2.45, 2.75) is 13.2 Å². The van der Waals surface area contributed by atoms with Gasteiger partial charge in [-0.1, -0.05) is 12.1 Å². The van der Waals surface area contributed by atoms with Crippen molar-refractivity contribution in [3.05, 3.63) is 48.0 Å². The minimum atomic E-state index is -1.02. The number of hydrogen-bond acceptors (Lipinski definition) is 6. The van der Waals surface area contributed by atoms with E-state index in [0.717, 1.165) is 0 Å². The molecule has 0 saturated heterocycles. The van der Waals surface area contributed by atoms with Crippen LogP contribution >= 0.6 is 0 Å². The molecule has 0 bridgehead atoms. The van der Waals surface area contributed by atoms with Crippen molar-refractivity contribution in [2.24, 2.45) is 0 Å². The molecule has 1 atom stereocenters. The Balaban J connectivity index is 1.81. The largest absolute Gasteiger partial charge is 0.483 e. The molecule has 122 valence electrons. The van der Waals surface area contributed by atoms with Crippen molar-refractivity contribution in [3.63, 3.8) is 0 Å². The highest BCUT2D eigenvalue weighted by atomic mass is 19.1. The van der Waals surface area contributed by atoms with E-state index in [1.807, 2.05) is 0 Å². The lowest BCUT2D eigenvalue weighted by Gasteiger charge is -2.23. The summed E-state index contributed by atoms with van der Waals surface area (Å²) >= 11 is 0. The zero-order valence-electron chi connectivity index (χ0n) is 12.8. The first-order valence-corrected chi connectivity index (χ1v) is 7.40. The van der Waals surface area contributed by atoms with Crippen LogP contribution in [0, 0.1) is 12.7 Å². The van der Waals surface area contributed by atoms with Gasteiger partial charge in [0.15, 0.2) is 18.1 Å². The van der Waals surface area contributed by atoms with E-state index in [9.17, 15) is 9.50 Å². The Hall–Kier alpha value is -2.93. The van der Waals surface area contributed by atoms with Gasteiger partial charge in [0, 0.05) is 11.5 Å². The molecule has 1 aromatic heterocycles. The molecular formula is C17H14FN3O3. The van der Waals surface area contributed by atoms with Crippen LogP contribution in [-0.4, -0.2) is 28.0 Å². The Labute approximate surface area is 136 Å². The van der Waals surface area contributed by atoms with Gasteiger partial charge in [-0.2, -0.15) is 0 Å². The van der Waals surface area contributed by atoms with Crippen molar-refractivity contribution in [2.75, 3.05) is 11.9 Å². The molecule has 0 amide bonds. The Bertz CT molecular complexity index is 932. The minimum Gasteiger partial charge on any atom is -0.483 e. The third kappa shape index (κ3) is 2.48. The molecule has 0 saturated carbocycles. The van der Waals surface area contributed by atoms with Crippen molar-refractivity contribution < 1.29 is 19.0 Å². The van der Waals surface area contributed by atoms with E-state index >= 15 is 0 Å². The minimum absolute atomic E-state index is 0.0587. The number of halogens is 1. The first-order valence-electron chi connectivity index (χ1n) is 7.40. The number of aryl methyl sites for hydroxylation is 1. The molecule has 4 rings (SSSR count). The van der Waals surface area contributed by atoms with Gasteiger partial charge in [-0.25, -0.2) is 14.4 Å². The highest BCUT2D eigenvalue weighted by Crippen LogP contribution is 2.37. The van der Waals surface area contributed by atoms with Gasteiger partial charge in [-0.15, -0.1) is 0 Å². The topological polar surface area (TPSA) is 76.5 Å². The van der Waals surface area contributed by atoms with E-state index in [2.05, 4.69) is 15.3 Å². The van der Waals surface area contributed by atoms with Gasteiger partial charge >= 0.3 is 0 Å². The van der Waals surface area contributed by atoms with Crippen LogP contribution in [0.4, 0.5) is 15.9 Å². The monoisotopic (exact) mass is 327 g/mol. The third-order valence-corrected chi connectivity index (χ3v) is 3.79. The number of aromatic nitrogens is 2. The standard InChI is InChI=1S/C17H14FN3O3/c1-9-3-2-4-11(16(9)18)21-17-10-5-14-13(23-7-15(22)24-14)6-12(10)19-8-20-17/h2-6,8,15,22H,7H2,1H3,(H,19,20,21). The summed E-state index contributed by atoms with van der Waals surface area (Å²) in [6.45, 7) is 1.75. The molecule has 0 fully saturated rings. The average Bonchev–Trinajstić information content (AvgIpc) is 2.57. The zero-order chi connectivity index (χ0) is 16.7. The molecule has 1 aliphatic rings. The summed E-state index contributed by atoms with van der Waals surface area (Å²) < 4.78 is 25.0. The number of hydrogen-bond donors (Lipinski definition) is 2. The highest BCUT2D eigenvalue weighted by Gasteiger charge is 2.21. The van der Waals surface area contributed by atoms with Gasteiger partial charge in [0.25, 0.3) is 0 Å². The summed E-state index contributed by atoms with van der Waals surface area (Å²) in [6, 6.07) is 8.47. The van der Waals surface area contributed by atoms with Gasteiger partial charge in [-0.05, 0) is 24.6 Å². The van der Waals surface area contributed by atoms with Gasteiger partial charge in [0.05, 0.1) is 11.2 Å². The second-order valence-electron chi connectivity index (χ2n) is 5.48. The maximum absolute atomic E-state index is 14.2. The second kappa shape index (κ2) is 5.61. The molecule has 2 heterocycles. The van der Waals surface area contributed by atoms with Crippen molar-refractivity contribution >= 4 is 22.4 Å². The van der Waals surface area contributed by atoms with E-state index in [-0.39, 0.29) is 12.4 Å². The smallest absolute Gasteiger partial charge is 0.232 e. The predicted molar refractivity (Wildman–Crippen MR) is 86.1 cm³/mol. The molecular weight excluding hydrogens is 313 g/mol. The molecule has 2 N–H and O–H groups in total. The number of fused-ring (bicyclic) bond motifs is 2. The van der Waals surface area contributed by atoms with Crippen molar-refractivity contribution in [3.8, 4) is 11.5 Å². The third-order valence-electron chi connectivity index (χ3n) is 3.79. The summed E-state index contributed by atoms with van der Waals surface area (Å²) in [4.78, 5) is 8.40. The lowest BCUT2D eigenvalue weighted by atomic mass is 10.1. The van der Waals surface area contributed by atoms with Crippen molar-refractivity contribution in [1.82, 2.24) is 9.97 Å². The van der Waals surface area contributed by atoms with Crippen LogP contribution in [0.1, 0.15) is 5.56 Å². The van der Waals surface area contributed by atoms with Crippen LogP contribution in [0.2, 0.25) is 0 Å². The fourth-order valence-electron chi connectivity index (χ4n) is 2.58. The van der Waals surface area contributed by atoms with E-state index in [1.165, 1.54) is 6.33 Å². The lowest BCUT2D eigenvalue weighted by Crippen LogP contribution is -2.28. The first-order chi connectivity index (χ1) is 11.6. The Morgan fingerprint density at radius 2 is 2.12 bits per heavy atom. The summed E-state index contributed by atoms with van der Waals surface area (Å²) in [5, 5.41) is 13.2. The number of benzene rings is 2. The molecule has 3 aromatic rings. The second-order valence-corrected chi connectivity index (χ2v) is 5.48. The summed E-state index contributed by atoms with van der Waals surface area (Å²) in [6.07, 6.45) is 0.369. The molecule has 1 aliphatic heterocycles. The number of aliphatic hydroxyl groups excluding tert-OH is 1. The fraction of sp³-hybridized carbons (Fsp3) is 0.176. The summed E-state index contributed by atoms with van der Waals surface area (Å²) in [7, 11) is 0. The molecule has 7 heteroatoms. The van der Waals surface area contributed by atoms with Crippen LogP contribution in [0.15, 0.2) is 36.7 Å². The lowest BCUT2D eigenvalue weighted by molar-refractivity contribution is -0.0668. The molecule has 0 aliphatic carbocycles. The van der Waals surface area contributed by atoms with Gasteiger partial charge in [0.1, 0.15) is 18.0 Å². The highest BCUT2D eigenvalue weighted by molar-refractivity contribution is 5.93. The fourth-order valence-corrected chi connectivity index (χ4v) is 2.58. The molecule has 2 aromatic carbocycles. The van der Waals surface area contributed by atoms with Crippen LogP contribution in [0.3, 0.4) is 0 Å². The van der Waals surface area contributed by atoms with Crippen molar-refractivity contribution in [1.29, 1.82) is 0 Å². The van der Waals surface area contributed by atoms with E-state index in [4.69, 9.17) is 9.47 Å². The molecule has 0 radical (unpaired) electrons. The Morgan fingerprint density at radius 1 is 1.25 bits per heavy atom. The predicted octanol–water partition coefficient (Wildman–Crippen LogP) is 2.91. The quantitative estimate of drug-likeness (QED) is 0.754. The maximum Gasteiger partial charge on any atom is 0.232 e. The number of nitrogens with one attached hydrogen (secondary N) is 1. The first kappa shape index (κ1) is 14.6. The molecule has 6 nitrogen and oxygen atoms in total. The van der Waals surface area contributed by atoms with E-state index in [0.29, 0.717) is 39.5 Å². The van der Waals surface area contributed by atoms with Gasteiger partial charge < -0.3 is 19.9 Å². The van der Waals surface area contributed by atoms with E-state index < -0.39 is 6.29 Å². The summed E-state index contributed by atoms with van der Waals surface area (Å²) in [5.41, 5.74) is 1.49. The number of ether oxygens (including phenoxy) is 2. The number of anilines is 2. The molecule has 0 spiro atoms. The summed E-state index contributed by atoms with van der Waals surface area (Å²) in [5.74, 6) is 0.996. The van der Waals surface area contributed by atoms with Crippen LogP contribution in [0.5, 0.6) is 11.5 Å². The van der Waals surface area contributed by atoms with E-state index in [1.54, 1.807) is 37.3 Å². The number of aliphatic hydroxyl groups is 1. The zero-order valence-corrected chi connectivity index (χ0v) is 12.8. The van der Waals surface area contributed by atoms with Crippen LogP contribution in [0.25, 0.3) is 10.9 Å². The van der Waals surface area contributed by atoms with Crippen LogP contribution < -0.4 is 14.8 Å². The maximum atomic E-state index is 14.2. The number of rotatable bonds is 2. The Kier molecular flexibility index (Phi) is 3.42. The molecule has 24 heavy (non-hydrogen) atoms. The van der Waals surface area contributed by atoms with Gasteiger partial charge in [0.2, 0.25) is 6.29 Å². The molecule has 1 unspecified atom stereocenters. The normalized spacial score (nSPS) is 16.2. The van der Waals surface area contributed by atoms with Gasteiger partial charge in [-0.3, -0.25) is 0 Å². The number of nitrogens with zero attached hydrogens (tertiary/aromatic N) is 2. The average molecular weight is 327 g/mol. The van der Waals surface area contributed by atoms with Crippen LogP contribution in [-0.2, 0) is 0 Å². The SMILES string of the molecule is Cc1cccc(Nc2ncnc3cc4c(cc23)OC(O)CO4)c1F.